The van der Waals surface area contributed by atoms with Gasteiger partial charge >= 0.3 is 0 Å². The van der Waals surface area contributed by atoms with Gasteiger partial charge in [0, 0.05) is 0 Å². The molecule has 1 amide bonds. The van der Waals surface area contributed by atoms with E-state index in [0.717, 1.165) is 22.9 Å². The monoisotopic (exact) mass is 311 g/mol. The summed E-state index contributed by atoms with van der Waals surface area (Å²) in [4.78, 5) is 11.9. The molecule has 2 aromatic carbocycles. The third-order valence-corrected chi connectivity index (χ3v) is 3.19. The van der Waals surface area contributed by atoms with Crippen molar-refractivity contribution >= 4 is 12.1 Å². The zero-order chi connectivity index (χ0) is 16.8. The van der Waals surface area contributed by atoms with Crippen molar-refractivity contribution in [1.82, 2.24) is 5.43 Å². The number of hydrogen-bond donors (Lipinski definition) is 1. The van der Waals surface area contributed by atoms with Crippen LogP contribution in [0.2, 0.25) is 0 Å². The van der Waals surface area contributed by atoms with Gasteiger partial charge in [-0.25, -0.2) is 9.82 Å². The van der Waals surface area contributed by atoms with Crippen LogP contribution in [0, 0.1) is 24.1 Å². The molecule has 0 heterocycles. The maximum absolute atomic E-state index is 13.7. The fraction of sp³-hybridized carbons (Fsp3) is 0.118. The average Bonchev–Trinajstić information content (AvgIpc) is 2.55. The number of nitrogens with one attached hydrogen (secondary N) is 1. The van der Waals surface area contributed by atoms with E-state index in [1.54, 1.807) is 25.3 Å². The number of aryl methyl sites for hydroxylation is 1. The minimum atomic E-state index is -0.766. The highest BCUT2D eigenvalue weighted by Crippen LogP contribution is 2.15. The summed E-state index contributed by atoms with van der Waals surface area (Å²) in [6.45, 7) is 1.88. The van der Waals surface area contributed by atoms with E-state index >= 15 is 0 Å². The van der Waals surface area contributed by atoms with Gasteiger partial charge in [-0.15, -0.1) is 0 Å². The van der Waals surface area contributed by atoms with E-state index < -0.39 is 11.7 Å². The fourth-order valence-corrected chi connectivity index (χ4v) is 1.91. The van der Waals surface area contributed by atoms with E-state index in [4.69, 9.17) is 10.00 Å². The summed E-state index contributed by atoms with van der Waals surface area (Å²) < 4.78 is 18.8. The largest absolute Gasteiger partial charge is 0.497 e. The number of amides is 1. The molecule has 0 unspecified atom stereocenters. The normalized spacial score (nSPS) is 10.3. The van der Waals surface area contributed by atoms with Crippen LogP contribution < -0.4 is 10.2 Å². The Labute approximate surface area is 133 Å². The SMILES string of the molecule is COc1ccc(/C=N\NC(=O)c2ccc(C#N)cc2F)c(C)c1. The molecule has 2 aromatic rings. The van der Waals surface area contributed by atoms with Gasteiger partial charge in [-0.2, -0.15) is 10.4 Å². The lowest BCUT2D eigenvalue weighted by Crippen LogP contribution is -2.19. The number of carbonyl (C=O) groups excluding carboxylic acids is 1. The number of carbonyl (C=O) groups is 1. The van der Waals surface area contributed by atoms with Gasteiger partial charge in [-0.05, 0) is 54.4 Å². The molecular weight excluding hydrogens is 297 g/mol. The molecule has 2 rings (SSSR count). The number of nitrogens with zero attached hydrogens (tertiary/aromatic N) is 2. The van der Waals surface area contributed by atoms with Gasteiger partial charge in [0.25, 0.3) is 5.91 Å². The number of rotatable bonds is 4. The van der Waals surface area contributed by atoms with Crippen molar-refractivity contribution in [2.24, 2.45) is 5.10 Å². The highest BCUT2D eigenvalue weighted by atomic mass is 19.1. The number of hydrazone groups is 1. The predicted molar refractivity (Wildman–Crippen MR) is 83.9 cm³/mol. The Balaban J connectivity index is 2.08. The topological polar surface area (TPSA) is 74.5 Å². The molecule has 5 nitrogen and oxygen atoms in total. The van der Waals surface area contributed by atoms with Gasteiger partial charge in [0.15, 0.2) is 0 Å². The molecule has 116 valence electrons. The second-order valence-electron chi connectivity index (χ2n) is 4.73. The van der Waals surface area contributed by atoms with Crippen LogP contribution in [0.15, 0.2) is 41.5 Å². The van der Waals surface area contributed by atoms with E-state index in [1.165, 1.54) is 18.3 Å². The van der Waals surface area contributed by atoms with E-state index in [0.29, 0.717) is 0 Å². The van der Waals surface area contributed by atoms with E-state index in [9.17, 15) is 9.18 Å². The maximum Gasteiger partial charge on any atom is 0.274 e. The van der Waals surface area contributed by atoms with Gasteiger partial charge in [0.2, 0.25) is 0 Å². The summed E-state index contributed by atoms with van der Waals surface area (Å²) in [5.74, 6) is -0.727. The van der Waals surface area contributed by atoms with Crippen molar-refractivity contribution < 1.29 is 13.9 Å². The van der Waals surface area contributed by atoms with Crippen LogP contribution in [0.25, 0.3) is 0 Å². The standard InChI is InChI=1S/C17H14FN3O2/c1-11-7-14(23-2)5-4-13(11)10-20-21-17(22)15-6-3-12(9-19)8-16(15)18/h3-8,10H,1-2H3,(H,21,22)/b20-10-. The minimum Gasteiger partial charge on any atom is -0.497 e. The molecule has 0 spiro atoms. The van der Waals surface area contributed by atoms with Crippen molar-refractivity contribution in [3.05, 3.63) is 64.5 Å². The molecule has 0 radical (unpaired) electrons. The first kappa shape index (κ1) is 16.2. The highest BCUT2D eigenvalue weighted by molar-refractivity contribution is 5.95. The number of ether oxygens (including phenoxy) is 1. The molecule has 0 atom stereocenters. The van der Waals surface area contributed by atoms with Crippen molar-refractivity contribution in [1.29, 1.82) is 5.26 Å². The van der Waals surface area contributed by atoms with Crippen LogP contribution in [-0.2, 0) is 0 Å². The number of benzene rings is 2. The molecule has 0 aliphatic rings. The summed E-state index contributed by atoms with van der Waals surface area (Å²) >= 11 is 0. The highest BCUT2D eigenvalue weighted by Gasteiger charge is 2.11. The van der Waals surface area contributed by atoms with Crippen LogP contribution in [-0.4, -0.2) is 19.2 Å². The Hall–Kier alpha value is -3.20. The summed E-state index contributed by atoms with van der Waals surface area (Å²) in [7, 11) is 1.58. The van der Waals surface area contributed by atoms with Crippen molar-refractivity contribution in [3.63, 3.8) is 0 Å². The van der Waals surface area contributed by atoms with Crippen molar-refractivity contribution in [3.8, 4) is 11.8 Å². The molecule has 0 aliphatic carbocycles. The maximum atomic E-state index is 13.7. The van der Waals surface area contributed by atoms with E-state index in [1.807, 2.05) is 13.0 Å². The second kappa shape index (κ2) is 7.18. The lowest BCUT2D eigenvalue weighted by molar-refractivity contribution is 0.0951. The van der Waals surface area contributed by atoms with E-state index in [-0.39, 0.29) is 11.1 Å². The zero-order valence-corrected chi connectivity index (χ0v) is 12.6. The number of halogens is 1. The minimum absolute atomic E-state index is 0.149. The summed E-state index contributed by atoms with van der Waals surface area (Å²) in [6.07, 6.45) is 1.47. The van der Waals surface area contributed by atoms with Gasteiger partial charge in [0.1, 0.15) is 11.6 Å². The Morgan fingerprint density at radius 3 is 2.74 bits per heavy atom. The van der Waals surface area contributed by atoms with Gasteiger partial charge in [-0.1, -0.05) is 0 Å². The Kier molecular flexibility index (Phi) is 5.05. The quantitative estimate of drug-likeness (QED) is 0.697. The van der Waals surface area contributed by atoms with Crippen LogP contribution in [0.3, 0.4) is 0 Å². The molecule has 1 N–H and O–H groups in total. The second-order valence-corrected chi connectivity index (χ2v) is 4.73. The summed E-state index contributed by atoms with van der Waals surface area (Å²) in [5, 5.41) is 12.5. The third kappa shape index (κ3) is 3.92. The fourth-order valence-electron chi connectivity index (χ4n) is 1.91. The molecular formula is C17H14FN3O2. The first-order chi connectivity index (χ1) is 11.0. The lowest BCUT2D eigenvalue weighted by Gasteiger charge is -2.04. The smallest absolute Gasteiger partial charge is 0.274 e. The third-order valence-electron chi connectivity index (χ3n) is 3.19. The summed E-state index contributed by atoms with van der Waals surface area (Å²) in [5.41, 5.74) is 3.95. The molecule has 23 heavy (non-hydrogen) atoms. The molecule has 0 saturated carbocycles. The summed E-state index contributed by atoms with van der Waals surface area (Å²) in [6, 6.07) is 10.8. The van der Waals surface area contributed by atoms with Crippen LogP contribution in [0.4, 0.5) is 4.39 Å². The number of nitriles is 1. The molecule has 0 fully saturated rings. The average molecular weight is 311 g/mol. The predicted octanol–water partition coefficient (Wildman–Crippen LogP) is 2.78. The molecule has 0 aliphatic heterocycles. The van der Waals surface area contributed by atoms with Crippen LogP contribution >= 0.6 is 0 Å². The zero-order valence-electron chi connectivity index (χ0n) is 12.6. The van der Waals surface area contributed by atoms with Gasteiger partial charge < -0.3 is 4.74 Å². The molecule has 0 saturated heterocycles. The number of hydrogen-bond acceptors (Lipinski definition) is 4. The van der Waals surface area contributed by atoms with E-state index in [2.05, 4.69) is 10.5 Å². The van der Waals surface area contributed by atoms with Crippen LogP contribution in [0.5, 0.6) is 5.75 Å². The number of methoxy groups -OCH3 is 1. The first-order valence-corrected chi connectivity index (χ1v) is 6.73. The lowest BCUT2D eigenvalue weighted by atomic mass is 10.1. The Morgan fingerprint density at radius 2 is 2.13 bits per heavy atom. The first-order valence-electron chi connectivity index (χ1n) is 6.73. The van der Waals surface area contributed by atoms with Crippen LogP contribution in [0.1, 0.15) is 27.0 Å². The van der Waals surface area contributed by atoms with Gasteiger partial charge in [0.05, 0.1) is 30.5 Å². The van der Waals surface area contributed by atoms with Gasteiger partial charge in [-0.3, -0.25) is 4.79 Å². The Bertz CT molecular complexity index is 810. The molecule has 0 bridgehead atoms. The van der Waals surface area contributed by atoms with Crippen molar-refractivity contribution in [2.75, 3.05) is 7.11 Å². The Morgan fingerprint density at radius 1 is 1.35 bits per heavy atom. The van der Waals surface area contributed by atoms with Crippen molar-refractivity contribution in [2.45, 2.75) is 6.92 Å². The molecule has 6 heteroatoms. The molecule has 0 aromatic heterocycles.